The lowest BCUT2D eigenvalue weighted by molar-refractivity contribution is -0.137. The van der Waals surface area contributed by atoms with Gasteiger partial charge >= 0.3 is 11.9 Å². The van der Waals surface area contributed by atoms with Crippen molar-refractivity contribution in [1.29, 1.82) is 0 Å². The van der Waals surface area contributed by atoms with Gasteiger partial charge in [0.05, 0.1) is 62.0 Å². The van der Waals surface area contributed by atoms with E-state index < -0.39 is 67.2 Å². The zero-order chi connectivity index (χ0) is 22.1. The molecule has 11 N–H and O–H groups in total. The fraction of sp³-hybridized carbons (Fsp3) is 0.875. The summed E-state index contributed by atoms with van der Waals surface area (Å²) in [6.07, 6.45) is -7.62. The molecule has 0 bridgehead atoms. The van der Waals surface area contributed by atoms with Crippen LogP contribution in [0.15, 0.2) is 0 Å². The van der Waals surface area contributed by atoms with Gasteiger partial charge in [-0.3, -0.25) is 9.59 Å². The Bertz CT molecular complexity index is 506. The van der Waals surface area contributed by atoms with E-state index in [-0.39, 0.29) is 69.7 Å². The molecule has 0 aliphatic heterocycles. The van der Waals surface area contributed by atoms with E-state index in [9.17, 15) is 35.1 Å². The van der Waals surface area contributed by atoms with Crippen molar-refractivity contribution in [2.45, 2.75) is 61.5 Å². The van der Waals surface area contributed by atoms with Crippen LogP contribution < -0.4 is 16.0 Å². The van der Waals surface area contributed by atoms with Gasteiger partial charge in [-0.15, -0.1) is 37.2 Å². The Morgan fingerprint density at radius 1 is 0.688 bits per heavy atom. The van der Waals surface area contributed by atoms with Crippen molar-refractivity contribution in [2.75, 3.05) is 26.2 Å². The fourth-order valence-corrected chi connectivity index (χ4v) is 3.21. The topological polar surface area (TPSA) is 232 Å². The Morgan fingerprint density at radius 2 is 1.03 bits per heavy atom. The summed E-state index contributed by atoms with van der Waals surface area (Å²) < 4.78 is 0. The maximum atomic E-state index is 10.7. The Hall–Kier alpha value is -0.550. The van der Waals surface area contributed by atoms with Gasteiger partial charge < -0.3 is 56.8 Å². The van der Waals surface area contributed by atoms with Gasteiger partial charge in [-0.25, -0.2) is 0 Å². The number of aliphatic hydroxyl groups excluding tert-OH is 6. The molecule has 1 rings (SSSR count). The molecular weight excluding hydrogens is 501 g/mol. The average Bonchev–Trinajstić information content (AvgIpc) is 2.65. The number of halogens is 3. The largest absolute Gasteiger partial charge is 0.481 e. The van der Waals surface area contributed by atoms with Crippen molar-refractivity contribution in [3.05, 3.63) is 0 Å². The van der Waals surface area contributed by atoms with Gasteiger partial charge in [0, 0.05) is 19.6 Å². The number of carbonyl (C=O) groups is 2. The summed E-state index contributed by atoms with van der Waals surface area (Å²) in [5.74, 6) is -2.19. The van der Waals surface area contributed by atoms with E-state index in [0.717, 1.165) is 0 Å². The van der Waals surface area contributed by atoms with Crippen LogP contribution in [-0.2, 0) is 9.59 Å². The van der Waals surface area contributed by atoms with Gasteiger partial charge in [-0.2, -0.15) is 0 Å². The smallest absolute Gasteiger partial charge is 0.304 e. The molecule has 2 unspecified atom stereocenters. The standard InChI is InChI=1S/C16H31N3O10.3ClH/c20-6-8(22)7(21)5-19-13-15(28)11(17-3-1-9(23)24)14(27)12(16(13)29)18-4-2-10(25)26;;;/h7-8,11-22,27-29H,1-6H2,(H,23,24)(H,25,26);3*1H/t7-,8+,11-,12+,13?,14?,15-,16+;;;/m0.../s1. The molecule has 1 aliphatic carbocycles. The summed E-state index contributed by atoms with van der Waals surface area (Å²) in [6.45, 7) is -1.16. The lowest BCUT2D eigenvalue weighted by atomic mass is 9.79. The first kappa shape index (κ1) is 36.0. The molecule has 0 amide bonds. The van der Waals surface area contributed by atoms with Gasteiger partial charge in [0.1, 0.15) is 6.10 Å². The van der Waals surface area contributed by atoms with Crippen molar-refractivity contribution in [3.8, 4) is 0 Å². The van der Waals surface area contributed by atoms with E-state index in [0.29, 0.717) is 0 Å². The Morgan fingerprint density at radius 3 is 1.34 bits per heavy atom. The Labute approximate surface area is 203 Å². The molecule has 0 aromatic heterocycles. The highest BCUT2D eigenvalue weighted by Crippen LogP contribution is 2.22. The van der Waals surface area contributed by atoms with E-state index >= 15 is 0 Å². The van der Waals surface area contributed by atoms with Crippen LogP contribution in [0.4, 0.5) is 0 Å². The number of hydrogen-bond acceptors (Lipinski definition) is 11. The first-order valence-corrected chi connectivity index (χ1v) is 9.25. The summed E-state index contributed by atoms with van der Waals surface area (Å²) in [5, 5.41) is 85.3. The van der Waals surface area contributed by atoms with Crippen molar-refractivity contribution >= 4 is 49.2 Å². The van der Waals surface area contributed by atoms with Gasteiger partial charge in [0.2, 0.25) is 0 Å². The maximum absolute atomic E-state index is 10.7. The quantitative estimate of drug-likeness (QED) is 0.108. The minimum atomic E-state index is -1.44. The molecule has 1 fully saturated rings. The van der Waals surface area contributed by atoms with Crippen LogP contribution in [0.3, 0.4) is 0 Å². The van der Waals surface area contributed by atoms with Crippen LogP contribution in [0.1, 0.15) is 12.8 Å². The SMILES string of the molecule is Cl.Cl.Cl.O=C(O)CCN[C@@H]1C(O)[C@H](NCCC(=O)O)[C@H](O)C(NC[C@H](O)[C@H](O)CO)[C@@H]1O. The number of rotatable bonds is 13. The second-order valence-corrected chi connectivity index (χ2v) is 6.97. The lowest BCUT2D eigenvalue weighted by Gasteiger charge is -2.47. The first-order chi connectivity index (χ1) is 13.6. The molecule has 1 aliphatic rings. The van der Waals surface area contributed by atoms with Crippen LogP contribution in [-0.4, -0.2) is 128 Å². The van der Waals surface area contributed by atoms with Crippen molar-refractivity contribution in [1.82, 2.24) is 16.0 Å². The minimum absolute atomic E-state index is 0. The highest BCUT2D eigenvalue weighted by atomic mass is 35.5. The molecular formula is C16H34Cl3N3O10. The van der Waals surface area contributed by atoms with Crippen LogP contribution in [0, 0.1) is 0 Å². The van der Waals surface area contributed by atoms with E-state index in [2.05, 4.69) is 16.0 Å². The third kappa shape index (κ3) is 11.0. The van der Waals surface area contributed by atoms with Crippen LogP contribution in [0.2, 0.25) is 0 Å². The number of carboxylic acid groups (broad SMARTS) is 2. The van der Waals surface area contributed by atoms with E-state index in [4.69, 9.17) is 15.3 Å². The summed E-state index contributed by atoms with van der Waals surface area (Å²) in [5.41, 5.74) is 0. The Balaban J connectivity index is -0.00000280. The molecule has 32 heavy (non-hydrogen) atoms. The molecule has 16 heteroatoms. The fourth-order valence-electron chi connectivity index (χ4n) is 3.21. The van der Waals surface area contributed by atoms with Crippen LogP contribution in [0.25, 0.3) is 0 Å². The van der Waals surface area contributed by atoms with Gasteiger partial charge in [-0.1, -0.05) is 0 Å². The highest BCUT2D eigenvalue weighted by Gasteiger charge is 2.49. The van der Waals surface area contributed by atoms with Crippen molar-refractivity contribution < 1.29 is 50.4 Å². The van der Waals surface area contributed by atoms with Crippen molar-refractivity contribution in [3.63, 3.8) is 0 Å². The summed E-state index contributed by atoms with van der Waals surface area (Å²) in [7, 11) is 0. The van der Waals surface area contributed by atoms with Gasteiger partial charge in [0.15, 0.2) is 0 Å². The Kier molecular flexibility index (Phi) is 20.1. The van der Waals surface area contributed by atoms with Crippen LogP contribution in [0.5, 0.6) is 0 Å². The predicted molar refractivity (Wildman–Crippen MR) is 119 cm³/mol. The molecule has 0 aromatic rings. The molecule has 8 atom stereocenters. The summed E-state index contributed by atoms with van der Waals surface area (Å²) in [4.78, 5) is 21.4. The minimum Gasteiger partial charge on any atom is -0.481 e. The van der Waals surface area contributed by atoms with Gasteiger partial charge in [0.25, 0.3) is 0 Å². The zero-order valence-corrected chi connectivity index (χ0v) is 19.4. The highest BCUT2D eigenvalue weighted by molar-refractivity contribution is 5.86. The number of nitrogens with one attached hydrogen (secondary N) is 3. The van der Waals surface area contributed by atoms with E-state index in [1.807, 2.05) is 0 Å². The maximum Gasteiger partial charge on any atom is 0.304 e. The second kappa shape index (κ2) is 17.9. The molecule has 1 saturated carbocycles. The molecule has 13 nitrogen and oxygen atoms in total. The predicted octanol–water partition coefficient (Wildman–Crippen LogP) is -4.11. The number of carboxylic acids is 2. The number of aliphatic hydroxyl groups is 6. The number of hydrogen-bond donors (Lipinski definition) is 11. The molecule has 0 aromatic carbocycles. The third-order valence-corrected chi connectivity index (χ3v) is 4.84. The van der Waals surface area contributed by atoms with E-state index in [1.54, 1.807) is 0 Å². The van der Waals surface area contributed by atoms with Gasteiger partial charge in [-0.05, 0) is 0 Å². The zero-order valence-electron chi connectivity index (χ0n) is 17.0. The second-order valence-electron chi connectivity index (χ2n) is 6.97. The summed E-state index contributed by atoms with van der Waals surface area (Å²) >= 11 is 0. The number of aliphatic carboxylic acids is 2. The van der Waals surface area contributed by atoms with E-state index in [1.165, 1.54) is 0 Å². The first-order valence-electron chi connectivity index (χ1n) is 9.25. The monoisotopic (exact) mass is 533 g/mol. The normalized spacial score (nSPS) is 28.9. The average molecular weight is 535 g/mol. The molecule has 0 heterocycles. The molecule has 0 radical (unpaired) electrons. The third-order valence-electron chi connectivity index (χ3n) is 4.84. The summed E-state index contributed by atoms with van der Waals surface area (Å²) in [6, 6.07) is -3.27. The van der Waals surface area contributed by atoms with Crippen LogP contribution >= 0.6 is 37.2 Å². The van der Waals surface area contributed by atoms with Crippen molar-refractivity contribution in [2.24, 2.45) is 0 Å². The molecule has 0 spiro atoms. The molecule has 0 saturated heterocycles. The lowest BCUT2D eigenvalue weighted by Crippen LogP contribution is -2.74. The molecule has 194 valence electrons.